The normalized spacial score (nSPS) is 23.8. The van der Waals surface area contributed by atoms with Gasteiger partial charge in [-0.15, -0.1) is 0 Å². The third kappa shape index (κ3) is 4.82. The first-order valence-electron chi connectivity index (χ1n) is 12.0. The molecule has 13 heteroatoms. The molecule has 2 amide bonds. The topological polar surface area (TPSA) is 86.2 Å². The second-order valence-corrected chi connectivity index (χ2v) is 9.74. The van der Waals surface area contributed by atoms with Gasteiger partial charge in [0, 0.05) is 5.56 Å². The van der Waals surface area contributed by atoms with Gasteiger partial charge in [-0.2, -0.15) is 35.1 Å². The summed E-state index contributed by atoms with van der Waals surface area (Å²) < 4.78 is 124. The molecule has 1 aromatic rings. The maximum Gasteiger partial charge on any atom is 0.457 e. The maximum absolute atomic E-state index is 15.2. The number of amides is 2. The second-order valence-electron chi connectivity index (χ2n) is 9.74. The highest BCUT2D eigenvalue weighted by molar-refractivity contribution is 5.95. The predicted molar refractivity (Wildman–Crippen MR) is 125 cm³/mol. The Morgan fingerprint density at radius 1 is 0.846 bits per heavy atom. The zero-order valence-electron chi connectivity index (χ0n) is 21.6. The fourth-order valence-electron chi connectivity index (χ4n) is 5.14. The Morgan fingerprint density at radius 3 is 1.79 bits per heavy atom. The summed E-state index contributed by atoms with van der Waals surface area (Å²) >= 11 is 0. The monoisotopic (exact) mass is 572 g/mol. The lowest BCUT2D eigenvalue weighted by atomic mass is 9.63. The summed E-state index contributed by atoms with van der Waals surface area (Å²) in [7, 11) is 0. The van der Waals surface area contributed by atoms with Crippen molar-refractivity contribution in [2.45, 2.75) is 82.7 Å². The number of hydrogen-bond donors (Lipinski definition) is 2. The van der Waals surface area contributed by atoms with Gasteiger partial charge < -0.3 is 11.5 Å². The molecule has 1 aliphatic rings. The van der Waals surface area contributed by atoms with Crippen LogP contribution in [0.15, 0.2) is 35.9 Å². The summed E-state index contributed by atoms with van der Waals surface area (Å²) in [5, 5.41) is 0. The summed E-state index contributed by atoms with van der Waals surface area (Å²) in [6.07, 6.45) is -8.54. The first-order chi connectivity index (χ1) is 17.6. The standard InChI is InChI=1S/C26H29F9N2O2/c1-5-7-8-21(19(36)38)9-10-22(20(37)39,13-15(21)4)18-14(3)11-17(12-16(18)6-2)23(27,25(30,31)32)24(28,29)26(33,34)35/h9-13H,5-8H2,1-4H3,(H2,36,38)(H2,37,39). The Kier molecular flexibility index (Phi) is 8.43. The van der Waals surface area contributed by atoms with E-state index in [1.807, 2.05) is 6.92 Å². The van der Waals surface area contributed by atoms with Crippen LogP contribution in [0.25, 0.3) is 0 Å². The Bertz CT molecular complexity index is 1200. The van der Waals surface area contributed by atoms with Gasteiger partial charge in [0.25, 0.3) is 0 Å². The molecule has 1 aliphatic carbocycles. The molecule has 4 N–H and O–H groups in total. The van der Waals surface area contributed by atoms with Crippen molar-refractivity contribution in [2.75, 3.05) is 0 Å². The molecule has 0 saturated heterocycles. The lowest BCUT2D eigenvalue weighted by molar-refractivity contribution is -0.389. The Morgan fingerprint density at radius 2 is 1.41 bits per heavy atom. The zero-order chi connectivity index (χ0) is 30.4. The number of carbonyl (C=O) groups excluding carboxylic acids is 2. The zero-order valence-corrected chi connectivity index (χ0v) is 21.6. The van der Waals surface area contributed by atoms with Gasteiger partial charge in [0.1, 0.15) is 5.41 Å². The first kappa shape index (κ1) is 32.2. The molecule has 1 aromatic carbocycles. The van der Waals surface area contributed by atoms with Crippen LogP contribution in [-0.4, -0.2) is 30.1 Å². The minimum absolute atomic E-state index is 0.134. The van der Waals surface area contributed by atoms with E-state index >= 15 is 4.39 Å². The molecule has 218 valence electrons. The molecular weight excluding hydrogens is 543 g/mol. The maximum atomic E-state index is 15.2. The fourth-order valence-corrected chi connectivity index (χ4v) is 5.14. The highest BCUT2D eigenvalue weighted by Gasteiger charge is 2.81. The van der Waals surface area contributed by atoms with E-state index in [4.69, 9.17) is 11.5 Å². The molecule has 2 rings (SSSR count). The van der Waals surface area contributed by atoms with Crippen LogP contribution in [0.2, 0.25) is 0 Å². The summed E-state index contributed by atoms with van der Waals surface area (Å²) in [5.74, 6) is -8.68. The number of halogens is 9. The highest BCUT2D eigenvalue weighted by Crippen LogP contribution is 2.59. The van der Waals surface area contributed by atoms with Crippen LogP contribution in [0.3, 0.4) is 0 Å². The Labute approximate surface area is 219 Å². The lowest BCUT2D eigenvalue weighted by Crippen LogP contribution is -2.59. The molecule has 39 heavy (non-hydrogen) atoms. The number of unbranched alkanes of at least 4 members (excludes halogenated alkanes) is 1. The van der Waals surface area contributed by atoms with Gasteiger partial charge >= 0.3 is 23.9 Å². The summed E-state index contributed by atoms with van der Waals surface area (Å²) in [6.45, 7) is 5.71. The average molecular weight is 573 g/mol. The second kappa shape index (κ2) is 10.2. The van der Waals surface area contributed by atoms with Crippen molar-refractivity contribution in [3.63, 3.8) is 0 Å². The van der Waals surface area contributed by atoms with Crippen LogP contribution >= 0.6 is 0 Å². The summed E-state index contributed by atoms with van der Waals surface area (Å²) in [5.41, 5.74) is -0.643. The molecular formula is C26H29F9N2O2. The number of benzene rings is 1. The number of alkyl halides is 9. The Balaban J connectivity index is 2.94. The van der Waals surface area contributed by atoms with Crippen LogP contribution < -0.4 is 11.5 Å². The van der Waals surface area contributed by atoms with E-state index in [-0.39, 0.29) is 41.7 Å². The van der Waals surface area contributed by atoms with Gasteiger partial charge in [0.2, 0.25) is 11.8 Å². The van der Waals surface area contributed by atoms with Crippen molar-refractivity contribution in [3.8, 4) is 0 Å². The third-order valence-electron chi connectivity index (χ3n) is 7.34. The number of hydrogen-bond acceptors (Lipinski definition) is 2. The van der Waals surface area contributed by atoms with Crippen LogP contribution in [0.1, 0.15) is 62.3 Å². The lowest BCUT2D eigenvalue weighted by Gasteiger charge is -2.40. The smallest absolute Gasteiger partial charge is 0.369 e. The van der Waals surface area contributed by atoms with Crippen molar-refractivity contribution < 1.29 is 49.1 Å². The van der Waals surface area contributed by atoms with E-state index in [1.165, 1.54) is 32.1 Å². The molecule has 0 saturated carbocycles. The SMILES string of the molecule is CCCCC1(C(N)=O)C=CC(C(N)=O)(c2c(C)cc(C(F)(C(F)(F)F)C(F)(F)C(F)(F)F)cc2CC)C=C1C. The number of nitrogens with two attached hydrogens (primary N) is 2. The summed E-state index contributed by atoms with van der Waals surface area (Å²) in [6, 6.07) is 0.445. The van der Waals surface area contributed by atoms with E-state index in [0.717, 1.165) is 6.92 Å². The molecule has 0 spiro atoms. The van der Waals surface area contributed by atoms with Crippen LogP contribution in [0.5, 0.6) is 0 Å². The molecule has 0 bridgehead atoms. The molecule has 0 aliphatic heterocycles. The first-order valence-corrected chi connectivity index (χ1v) is 12.0. The fraction of sp³-hybridized carbons (Fsp3) is 0.538. The van der Waals surface area contributed by atoms with E-state index in [2.05, 4.69) is 0 Å². The highest BCUT2D eigenvalue weighted by atomic mass is 19.4. The van der Waals surface area contributed by atoms with E-state index < -0.39 is 57.7 Å². The van der Waals surface area contributed by atoms with E-state index in [0.29, 0.717) is 12.8 Å². The molecule has 4 nitrogen and oxygen atoms in total. The average Bonchev–Trinajstić information content (AvgIpc) is 2.80. The Hall–Kier alpha value is -2.99. The largest absolute Gasteiger partial charge is 0.457 e. The van der Waals surface area contributed by atoms with Crippen LogP contribution in [0.4, 0.5) is 39.5 Å². The van der Waals surface area contributed by atoms with Crippen molar-refractivity contribution in [2.24, 2.45) is 16.9 Å². The molecule has 3 unspecified atom stereocenters. The van der Waals surface area contributed by atoms with E-state index in [9.17, 15) is 44.7 Å². The molecule has 0 heterocycles. The van der Waals surface area contributed by atoms with Crippen LogP contribution in [0, 0.1) is 12.3 Å². The van der Waals surface area contributed by atoms with Gasteiger partial charge in [0.15, 0.2) is 0 Å². The van der Waals surface area contributed by atoms with Gasteiger partial charge in [-0.25, -0.2) is 4.39 Å². The molecule has 0 radical (unpaired) electrons. The minimum atomic E-state index is -6.88. The number of carbonyl (C=O) groups is 2. The molecule has 0 aromatic heterocycles. The molecule has 3 atom stereocenters. The number of rotatable bonds is 9. The predicted octanol–water partition coefficient (Wildman–Crippen LogP) is 6.38. The van der Waals surface area contributed by atoms with Gasteiger partial charge in [-0.05, 0) is 43.4 Å². The number of primary amides is 2. The summed E-state index contributed by atoms with van der Waals surface area (Å²) in [4.78, 5) is 25.3. The van der Waals surface area contributed by atoms with Crippen molar-refractivity contribution in [1.29, 1.82) is 0 Å². The van der Waals surface area contributed by atoms with Gasteiger partial charge in [-0.3, -0.25) is 9.59 Å². The molecule has 0 fully saturated rings. The van der Waals surface area contributed by atoms with Crippen molar-refractivity contribution in [3.05, 3.63) is 58.2 Å². The third-order valence-corrected chi connectivity index (χ3v) is 7.34. The van der Waals surface area contributed by atoms with Gasteiger partial charge in [0.05, 0.1) is 5.41 Å². The van der Waals surface area contributed by atoms with Crippen LogP contribution in [-0.2, 0) is 27.1 Å². The van der Waals surface area contributed by atoms with Gasteiger partial charge in [-0.1, -0.05) is 62.6 Å². The minimum Gasteiger partial charge on any atom is -0.369 e. The van der Waals surface area contributed by atoms with Crippen molar-refractivity contribution >= 4 is 11.8 Å². The van der Waals surface area contributed by atoms with Crippen molar-refractivity contribution in [1.82, 2.24) is 0 Å². The number of aryl methyl sites for hydroxylation is 2. The van der Waals surface area contributed by atoms with E-state index in [1.54, 1.807) is 0 Å². The quantitative estimate of drug-likeness (QED) is 0.266.